The van der Waals surface area contributed by atoms with Gasteiger partial charge in [0.25, 0.3) is 0 Å². The van der Waals surface area contributed by atoms with Crippen molar-refractivity contribution in [3.8, 4) is 0 Å². The van der Waals surface area contributed by atoms with Gasteiger partial charge in [-0.25, -0.2) is 0 Å². The highest BCUT2D eigenvalue weighted by Crippen LogP contribution is 2.66. The van der Waals surface area contributed by atoms with Gasteiger partial charge in [-0.1, -0.05) is 18.7 Å². The third-order valence-corrected chi connectivity index (χ3v) is 5.85. The SMILES string of the molecule is C=C1OC2(C)C(CCO)C(=O)CC12C(O)C1C=CCCC1. The van der Waals surface area contributed by atoms with Crippen molar-refractivity contribution >= 4 is 5.78 Å². The van der Waals surface area contributed by atoms with Crippen molar-refractivity contribution in [2.75, 3.05) is 6.61 Å². The molecule has 1 heterocycles. The Bertz CT molecular complexity index is 497. The third-order valence-electron chi connectivity index (χ3n) is 5.85. The summed E-state index contributed by atoms with van der Waals surface area (Å²) >= 11 is 0. The Morgan fingerprint density at radius 1 is 1.57 bits per heavy atom. The van der Waals surface area contributed by atoms with E-state index in [1.54, 1.807) is 0 Å². The lowest BCUT2D eigenvalue weighted by molar-refractivity contribution is -0.243. The van der Waals surface area contributed by atoms with E-state index in [2.05, 4.69) is 18.7 Å². The summed E-state index contributed by atoms with van der Waals surface area (Å²) in [6, 6.07) is 0. The van der Waals surface area contributed by atoms with E-state index in [1.165, 1.54) is 0 Å². The lowest BCUT2D eigenvalue weighted by atomic mass is 9.59. The largest absolute Gasteiger partial charge is 0.490 e. The zero-order valence-electron chi connectivity index (χ0n) is 12.5. The normalized spacial score (nSPS) is 43.2. The second-order valence-corrected chi connectivity index (χ2v) is 6.78. The molecule has 2 N–H and O–H groups in total. The van der Waals surface area contributed by atoms with Crippen molar-refractivity contribution in [2.45, 2.75) is 50.7 Å². The lowest BCUT2D eigenvalue weighted by Gasteiger charge is -2.59. The highest BCUT2D eigenvalue weighted by Gasteiger charge is 2.75. The molecule has 3 rings (SSSR count). The van der Waals surface area contributed by atoms with Crippen LogP contribution in [0.1, 0.15) is 39.0 Å². The Balaban J connectivity index is 1.94. The zero-order chi connectivity index (χ0) is 15.3. The molecule has 1 saturated heterocycles. The standard InChI is InChI=1S/C17H24O4/c1-11-17(15(20)12-6-4-3-5-7-12)10-14(19)13(8-9-18)16(17,2)21-11/h4,6,12-13,15,18,20H,1,3,5,7-10H2,2H3. The molecule has 0 radical (unpaired) electrons. The number of ketones is 1. The molecule has 1 saturated carbocycles. The minimum atomic E-state index is -0.728. The molecule has 2 fully saturated rings. The van der Waals surface area contributed by atoms with Crippen LogP contribution in [0.4, 0.5) is 0 Å². The molecule has 4 heteroatoms. The van der Waals surface area contributed by atoms with Gasteiger partial charge in [-0.05, 0) is 32.6 Å². The molecule has 0 spiro atoms. The summed E-state index contributed by atoms with van der Waals surface area (Å²) in [6.07, 6.45) is 7.24. The Kier molecular flexibility index (Phi) is 3.49. The number of ether oxygens (including phenoxy) is 1. The van der Waals surface area contributed by atoms with Gasteiger partial charge < -0.3 is 14.9 Å². The van der Waals surface area contributed by atoms with Gasteiger partial charge in [-0.2, -0.15) is 0 Å². The van der Waals surface area contributed by atoms with Crippen molar-refractivity contribution in [1.29, 1.82) is 0 Å². The van der Waals surface area contributed by atoms with E-state index < -0.39 is 17.1 Å². The smallest absolute Gasteiger partial charge is 0.141 e. The summed E-state index contributed by atoms with van der Waals surface area (Å²) in [6.45, 7) is 5.79. The van der Waals surface area contributed by atoms with Gasteiger partial charge in [0.2, 0.25) is 0 Å². The molecular formula is C17H24O4. The Morgan fingerprint density at radius 3 is 2.90 bits per heavy atom. The highest BCUT2D eigenvalue weighted by molar-refractivity contribution is 5.88. The predicted molar refractivity (Wildman–Crippen MR) is 78.4 cm³/mol. The summed E-state index contributed by atoms with van der Waals surface area (Å²) in [5, 5.41) is 20.2. The second kappa shape index (κ2) is 4.96. The summed E-state index contributed by atoms with van der Waals surface area (Å²) in [4.78, 5) is 12.4. The molecule has 0 aromatic heterocycles. The number of rotatable bonds is 4. The minimum absolute atomic E-state index is 0.0443. The van der Waals surface area contributed by atoms with Crippen molar-refractivity contribution in [1.82, 2.24) is 0 Å². The number of carbonyl (C=O) groups is 1. The number of fused-ring (bicyclic) bond motifs is 1. The van der Waals surface area contributed by atoms with E-state index in [9.17, 15) is 15.0 Å². The number of hydrogen-bond acceptors (Lipinski definition) is 4. The fraction of sp³-hybridized carbons (Fsp3) is 0.706. The maximum absolute atomic E-state index is 12.4. The number of Topliss-reactive ketones (excluding diaryl/α,β-unsaturated/α-hetero) is 1. The summed E-state index contributed by atoms with van der Waals surface area (Å²) in [5.74, 6) is 0.309. The molecule has 21 heavy (non-hydrogen) atoms. The van der Waals surface area contributed by atoms with Crippen molar-refractivity contribution < 1.29 is 19.7 Å². The highest BCUT2D eigenvalue weighted by atomic mass is 16.5. The monoisotopic (exact) mass is 292 g/mol. The molecule has 0 bridgehead atoms. The van der Waals surface area contributed by atoms with Crippen LogP contribution in [0, 0.1) is 17.3 Å². The first kappa shape index (κ1) is 14.8. The molecule has 2 aliphatic carbocycles. The fourth-order valence-corrected chi connectivity index (χ4v) is 4.63. The van der Waals surface area contributed by atoms with Gasteiger partial charge in [0, 0.05) is 18.9 Å². The molecule has 1 aliphatic heterocycles. The van der Waals surface area contributed by atoms with Gasteiger partial charge in [0.05, 0.1) is 12.0 Å². The zero-order valence-corrected chi connectivity index (χ0v) is 12.5. The van der Waals surface area contributed by atoms with Crippen molar-refractivity contribution in [3.63, 3.8) is 0 Å². The van der Waals surface area contributed by atoms with Crippen LogP contribution in [0.15, 0.2) is 24.5 Å². The van der Waals surface area contributed by atoms with E-state index >= 15 is 0 Å². The first-order valence-electron chi connectivity index (χ1n) is 7.84. The van der Waals surface area contributed by atoms with Crippen LogP contribution in [0.2, 0.25) is 0 Å². The van der Waals surface area contributed by atoms with Crippen LogP contribution in [-0.4, -0.2) is 34.3 Å². The number of aliphatic hydroxyl groups is 2. The molecule has 0 aromatic rings. The average Bonchev–Trinajstić information content (AvgIpc) is 2.65. The van der Waals surface area contributed by atoms with Crippen molar-refractivity contribution in [3.05, 3.63) is 24.5 Å². The van der Waals surface area contributed by atoms with E-state index in [0.29, 0.717) is 12.2 Å². The maximum atomic E-state index is 12.4. The predicted octanol–water partition coefficient (Wildman–Crippen LogP) is 1.96. The maximum Gasteiger partial charge on any atom is 0.141 e. The van der Waals surface area contributed by atoms with E-state index in [4.69, 9.17) is 4.74 Å². The molecule has 5 atom stereocenters. The molecular weight excluding hydrogens is 268 g/mol. The first-order valence-corrected chi connectivity index (χ1v) is 7.84. The van der Waals surface area contributed by atoms with Gasteiger partial charge >= 0.3 is 0 Å². The summed E-state index contributed by atoms with van der Waals surface area (Å²) in [7, 11) is 0. The molecule has 0 aromatic carbocycles. The molecule has 4 nitrogen and oxygen atoms in total. The number of carbonyl (C=O) groups excluding carboxylic acids is 1. The second-order valence-electron chi connectivity index (χ2n) is 6.78. The molecule has 0 amide bonds. The van der Waals surface area contributed by atoms with E-state index in [-0.39, 0.29) is 30.6 Å². The lowest BCUT2D eigenvalue weighted by Crippen LogP contribution is -2.65. The van der Waals surface area contributed by atoms with Gasteiger partial charge in [0.1, 0.15) is 22.6 Å². The van der Waals surface area contributed by atoms with E-state index in [0.717, 1.165) is 19.3 Å². The Labute approximate surface area is 125 Å². The summed E-state index contributed by atoms with van der Waals surface area (Å²) < 4.78 is 5.79. The van der Waals surface area contributed by atoms with Gasteiger partial charge in [-0.3, -0.25) is 4.79 Å². The number of allylic oxidation sites excluding steroid dienone is 1. The molecule has 3 aliphatic rings. The van der Waals surface area contributed by atoms with Gasteiger partial charge in [-0.15, -0.1) is 0 Å². The summed E-state index contributed by atoms with van der Waals surface area (Å²) in [5.41, 5.74) is -1.41. The van der Waals surface area contributed by atoms with Gasteiger partial charge in [0.15, 0.2) is 0 Å². The topological polar surface area (TPSA) is 66.8 Å². The van der Waals surface area contributed by atoms with Crippen LogP contribution in [0.3, 0.4) is 0 Å². The number of hydrogen-bond donors (Lipinski definition) is 2. The van der Waals surface area contributed by atoms with Crippen LogP contribution in [0.5, 0.6) is 0 Å². The quantitative estimate of drug-likeness (QED) is 0.777. The van der Waals surface area contributed by atoms with Crippen LogP contribution < -0.4 is 0 Å². The van der Waals surface area contributed by atoms with Crippen LogP contribution in [-0.2, 0) is 9.53 Å². The van der Waals surface area contributed by atoms with Crippen molar-refractivity contribution in [2.24, 2.45) is 17.3 Å². The molecule has 116 valence electrons. The van der Waals surface area contributed by atoms with Crippen LogP contribution in [0.25, 0.3) is 0 Å². The van der Waals surface area contributed by atoms with Crippen LogP contribution >= 0.6 is 0 Å². The number of aliphatic hydroxyl groups excluding tert-OH is 2. The Morgan fingerprint density at radius 2 is 2.33 bits per heavy atom. The minimum Gasteiger partial charge on any atom is -0.490 e. The Hall–Kier alpha value is -1.13. The molecule has 5 unspecified atom stereocenters. The first-order chi connectivity index (χ1) is 9.97. The average molecular weight is 292 g/mol. The van der Waals surface area contributed by atoms with E-state index in [1.807, 2.05) is 6.92 Å². The fourth-order valence-electron chi connectivity index (χ4n) is 4.63. The third kappa shape index (κ3) is 1.78.